The predicted octanol–water partition coefficient (Wildman–Crippen LogP) is 2.54. The molecule has 0 aromatic heterocycles. The SMILES string of the molecule is CC(NC(=O)C(O)C(O)C(=O)N1CCc2ccccc2C1)c1ccc(-c2ccc(O)cc2)cc1. The maximum atomic E-state index is 12.7. The smallest absolute Gasteiger partial charge is 0.255 e. The zero-order valence-corrected chi connectivity index (χ0v) is 18.9. The number of aliphatic hydroxyl groups is 2. The fourth-order valence-corrected chi connectivity index (χ4v) is 4.15. The van der Waals surface area contributed by atoms with E-state index in [0.29, 0.717) is 19.5 Å². The van der Waals surface area contributed by atoms with E-state index >= 15 is 0 Å². The summed E-state index contributed by atoms with van der Waals surface area (Å²) in [7, 11) is 0. The first-order chi connectivity index (χ1) is 16.3. The van der Waals surface area contributed by atoms with Crippen molar-refractivity contribution in [3.63, 3.8) is 0 Å². The van der Waals surface area contributed by atoms with Gasteiger partial charge in [-0.05, 0) is 53.3 Å². The van der Waals surface area contributed by atoms with Gasteiger partial charge in [0.2, 0.25) is 0 Å². The molecular formula is C27H28N2O5. The van der Waals surface area contributed by atoms with E-state index in [9.17, 15) is 24.9 Å². The molecule has 4 rings (SSSR count). The number of nitrogens with one attached hydrogen (secondary N) is 1. The molecule has 7 nitrogen and oxygen atoms in total. The van der Waals surface area contributed by atoms with Crippen LogP contribution in [0.2, 0.25) is 0 Å². The Hall–Kier alpha value is -3.68. The van der Waals surface area contributed by atoms with Gasteiger partial charge in [-0.1, -0.05) is 60.7 Å². The number of hydrogen-bond donors (Lipinski definition) is 4. The van der Waals surface area contributed by atoms with Crippen molar-refractivity contribution >= 4 is 11.8 Å². The average Bonchev–Trinajstić information content (AvgIpc) is 2.87. The summed E-state index contributed by atoms with van der Waals surface area (Å²) >= 11 is 0. The number of aromatic hydroxyl groups is 1. The number of nitrogens with zero attached hydrogens (tertiary/aromatic N) is 1. The van der Waals surface area contributed by atoms with Crippen molar-refractivity contribution in [3.8, 4) is 16.9 Å². The summed E-state index contributed by atoms with van der Waals surface area (Å²) in [6, 6.07) is 21.7. The minimum Gasteiger partial charge on any atom is -0.508 e. The molecular weight excluding hydrogens is 432 g/mol. The van der Waals surface area contributed by atoms with Gasteiger partial charge in [0.15, 0.2) is 12.2 Å². The second-order valence-corrected chi connectivity index (χ2v) is 8.57. The van der Waals surface area contributed by atoms with E-state index in [-0.39, 0.29) is 5.75 Å². The molecule has 3 aromatic rings. The Bertz CT molecular complexity index is 1160. The minimum absolute atomic E-state index is 0.195. The highest BCUT2D eigenvalue weighted by Crippen LogP contribution is 2.24. The summed E-state index contributed by atoms with van der Waals surface area (Å²) < 4.78 is 0. The fourth-order valence-electron chi connectivity index (χ4n) is 4.15. The monoisotopic (exact) mass is 460 g/mol. The molecule has 1 heterocycles. The molecule has 3 aromatic carbocycles. The highest BCUT2D eigenvalue weighted by Gasteiger charge is 2.35. The molecule has 1 aliphatic rings. The first-order valence-electron chi connectivity index (χ1n) is 11.2. The molecule has 4 N–H and O–H groups in total. The van der Waals surface area contributed by atoms with Crippen molar-refractivity contribution in [2.45, 2.75) is 38.1 Å². The number of phenols is 1. The van der Waals surface area contributed by atoms with Crippen LogP contribution in [-0.2, 0) is 22.6 Å². The topological polar surface area (TPSA) is 110 Å². The molecule has 0 fully saturated rings. The summed E-state index contributed by atoms with van der Waals surface area (Å²) in [5.41, 5.74) is 4.85. The predicted molar refractivity (Wildman–Crippen MR) is 128 cm³/mol. The Morgan fingerprint density at radius 2 is 1.44 bits per heavy atom. The number of fused-ring (bicyclic) bond motifs is 1. The molecule has 176 valence electrons. The molecule has 2 amide bonds. The van der Waals surface area contributed by atoms with Crippen molar-refractivity contribution in [3.05, 3.63) is 89.5 Å². The highest BCUT2D eigenvalue weighted by atomic mass is 16.3. The normalized spacial score (nSPS) is 15.7. The van der Waals surface area contributed by atoms with E-state index in [1.54, 1.807) is 19.1 Å². The summed E-state index contributed by atoms with van der Waals surface area (Å²) in [5.74, 6) is -1.28. The molecule has 0 aliphatic carbocycles. The van der Waals surface area contributed by atoms with Crippen LogP contribution in [0.3, 0.4) is 0 Å². The van der Waals surface area contributed by atoms with Crippen LogP contribution in [0.5, 0.6) is 5.75 Å². The number of benzene rings is 3. The fraction of sp³-hybridized carbons (Fsp3) is 0.259. The lowest BCUT2D eigenvalue weighted by Gasteiger charge is -2.31. The van der Waals surface area contributed by atoms with E-state index in [1.165, 1.54) is 4.90 Å². The number of amides is 2. The Morgan fingerprint density at radius 3 is 2.09 bits per heavy atom. The Morgan fingerprint density at radius 1 is 0.853 bits per heavy atom. The third kappa shape index (κ3) is 5.11. The van der Waals surface area contributed by atoms with Crippen LogP contribution in [0.25, 0.3) is 11.1 Å². The Balaban J connectivity index is 1.35. The molecule has 7 heteroatoms. The van der Waals surface area contributed by atoms with Crippen LogP contribution in [0.1, 0.15) is 29.7 Å². The van der Waals surface area contributed by atoms with Gasteiger partial charge in [-0.25, -0.2) is 0 Å². The lowest BCUT2D eigenvalue weighted by molar-refractivity contribution is -0.154. The second kappa shape index (κ2) is 10.1. The van der Waals surface area contributed by atoms with E-state index in [1.807, 2.05) is 60.7 Å². The molecule has 1 aliphatic heterocycles. The van der Waals surface area contributed by atoms with Gasteiger partial charge in [-0.2, -0.15) is 0 Å². The summed E-state index contributed by atoms with van der Waals surface area (Å²) in [6.07, 6.45) is -3.05. The van der Waals surface area contributed by atoms with Crippen LogP contribution >= 0.6 is 0 Å². The molecule has 0 saturated heterocycles. The zero-order valence-electron chi connectivity index (χ0n) is 18.9. The van der Waals surface area contributed by atoms with Gasteiger partial charge < -0.3 is 25.5 Å². The van der Waals surface area contributed by atoms with Gasteiger partial charge in [0.25, 0.3) is 11.8 Å². The number of rotatable bonds is 6. The minimum atomic E-state index is -1.87. The molecule has 0 spiro atoms. The maximum absolute atomic E-state index is 12.7. The number of phenolic OH excluding ortho intramolecular Hbond substituents is 1. The lowest BCUT2D eigenvalue weighted by atomic mass is 9.99. The van der Waals surface area contributed by atoms with Gasteiger partial charge >= 0.3 is 0 Å². The Labute approximate surface area is 198 Å². The summed E-state index contributed by atoms with van der Waals surface area (Å²) in [5, 5.41) is 32.9. The number of carbonyl (C=O) groups is 2. The van der Waals surface area contributed by atoms with E-state index in [4.69, 9.17) is 0 Å². The lowest BCUT2D eigenvalue weighted by Crippen LogP contribution is -2.51. The number of aliphatic hydroxyl groups excluding tert-OH is 2. The van der Waals surface area contributed by atoms with E-state index in [2.05, 4.69) is 5.32 Å². The second-order valence-electron chi connectivity index (χ2n) is 8.57. The van der Waals surface area contributed by atoms with Gasteiger partial charge in [0.1, 0.15) is 5.75 Å². The third-order valence-electron chi connectivity index (χ3n) is 6.23. The van der Waals surface area contributed by atoms with Crippen molar-refractivity contribution in [1.82, 2.24) is 10.2 Å². The largest absolute Gasteiger partial charge is 0.508 e. The first kappa shape index (κ1) is 23.5. The van der Waals surface area contributed by atoms with Crippen LogP contribution in [0.4, 0.5) is 0 Å². The van der Waals surface area contributed by atoms with Gasteiger partial charge in [0, 0.05) is 13.1 Å². The molecule has 0 bridgehead atoms. The first-order valence-corrected chi connectivity index (χ1v) is 11.2. The van der Waals surface area contributed by atoms with Crippen LogP contribution in [-0.4, -0.2) is 50.8 Å². The van der Waals surface area contributed by atoms with E-state index in [0.717, 1.165) is 27.8 Å². The van der Waals surface area contributed by atoms with Gasteiger partial charge in [-0.3, -0.25) is 9.59 Å². The third-order valence-corrected chi connectivity index (χ3v) is 6.23. The van der Waals surface area contributed by atoms with Gasteiger partial charge in [0.05, 0.1) is 6.04 Å². The van der Waals surface area contributed by atoms with Crippen molar-refractivity contribution in [1.29, 1.82) is 0 Å². The molecule has 3 unspecified atom stereocenters. The number of hydrogen-bond acceptors (Lipinski definition) is 5. The molecule has 34 heavy (non-hydrogen) atoms. The maximum Gasteiger partial charge on any atom is 0.255 e. The Kier molecular flexibility index (Phi) is 6.95. The van der Waals surface area contributed by atoms with Crippen molar-refractivity contribution < 1.29 is 24.9 Å². The van der Waals surface area contributed by atoms with Crippen molar-refractivity contribution in [2.75, 3.05) is 6.54 Å². The molecule has 3 atom stereocenters. The van der Waals surface area contributed by atoms with Crippen LogP contribution in [0, 0.1) is 0 Å². The summed E-state index contributed by atoms with van der Waals surface area (Å²) in [4.78, 5) is 26.7. The van der Waals surface area contributed by atoms with Gasteiger partial charge in [-0.15, -0.1) is 0 Å². The average molecular weight is 461 g/mol. The molecule has 0 radical (unpaired) electrons. The molecule has 0 saturated carbocycles. The zero-order chi connectivity index (χ0) is 24.2. The highest BCUT2D eigenvalue weighted by molar-refractivity contribution is 5.91. The quantitative estimate of drug-likeness (QED) is 0.452. The van der Waals surface area contributed by atoms with E-state index < -0.39 is 30.1 Å². The summed E-state index contributed by atoms with van der Waals surface area (Å²) in [6.45, 7) is 2.52. The van der Waals surface area contributed by atoms with Crippen LogP contribution < -0.4 is 5.32 Å². The van der Waals surface area contributed by atoms with Crippen molar-refractivity contribution in [2.24, 2.45) is 0 Å². The van der Waals surface area contributed by atoms with Crippen LogP contribution in [0.15, 0.2) is 72.8 Å². The standard InChI is InChI=1S/C27H28N2O5/c1-17(18-6-8-20(9-7-18)21-10-12-23(30)13-11-21)28-26(33)24(31)25(32)27(34)29-15-14-19-4-2-3-5-22(19)16-29/h2-13,17,24-25,30-32H,14-16H2,1H3,(H,28,33). The number of carbonyl (C=O) groups excluding carboxylic acids is 2.